The number of hydrogen-bond acceptors (Lipinski definition) is 9. The zero-order valence-electron chi connectivity index (χ0n) is 19.6. The first-order valence-corrected chi connectivity index (χ1v) is 13.5. The highest BCUT2D eigenvalue weighted by Crippen LogP contribution is 2.30. The fraction of sp³-hybridized carbons (Fsp3) is 0.348. The zero-order valence-corrected chi connectivity index (χ0v) is 21.2. The molecule has 4 rings (SSSR count). The molecule has 2 aromatic carbocycles. The van der Waals surface area contributed by atoms with Gasteiger partial charge in [0, 0.05) is 35.5 Å². The second-order valence-electron chi connectivity index (χ2n) is 7.86. The van der Waals surface area contributed by atoms with Crippen molar-refractivity contribution in [3.8, 4) is 23.0 Å². The van der Waals surface area contributed by atoms with Crippen LogP contribution in [0.15, 0.2) is 56.7 Å². The minimum atomic E-state index is -3.60. The fourth-order valence-corrected chi connectivity index (χ4v) is 5.66. The van der Waals surface area contributed by atoms with Gasteiger partial charge in [-0.05, 0) is 55.5 Å². The van der Waals surface area contributed by atoms with Gasteiger partial charge in [-0.1, -0.05) is 5.10 Å². The van der Waals surface area contributed by atoms with E-state index in [0.29, 0.717) is 29.9 Å². The number of piperidine rings is 1. The van der Waals surface area contributed by atoms with Crippen molar-refractivity contribution >= 4 is 33.7 Å². The van der Waals surface area contributed by atoms with Crippen LogP contribution in [-0.2, 0) is 14.8 Å². The summed E-state index contributed by atoms with van der Waals surface area (Å²) in [5, 5.41) is 10.5. The lowest BCUT2D eigenvalue weighted by molar-refractivity contribution is -0.121. The Morgan fingerprint density at radius 2 is 1.69 bits per heavy atom. The van der Waals surface area contributed by atoms with Gasteiger partial charge < -0.3 is 13.9 Å². The van der Waals surface area contributed by atoms with Gasteiger partial charge in [0.2, 0.25) is 21.8 Å². The molecule has 1 fully saturated rings. The smallest absolute Gasteiger partial charge is 0.322 e. The molecule has 1 aromatic heterocycles. The van der Waals surface area contributed by atoms with Gasteiger partial charge in [-0.25, -0.2) is 8.42 Å². The summed E-state index contributed by atoms with van der Waals surface area (Å²) in [6.45, 7) is 0.507. The van der Waals surface area contributed by atoms with Crippen LogP contribution >= 0.6 is 11.8 Å². The Kier molecular flexibility index (Phi) is 7.63. The van der Waals surface area contributed by atoms with E-state index < -0.39 is 10.0 Å². The van der Waals surface area contributed by atoms with Crippen LogP contribution in [0.2, 0.25) is 0 Å². The number of nitrogens with zero attached hydrogens (tertiary/aromatic N) is 3. The Bertz CT molecular complexity index is 1260. The maximum absolute atomic E-state index is 13.0. The Hall–Kier alpha value is -3.09. The molecule has 35 heavy (non-hydrogen) atoms. The largest absolute Gasteiger partial charge is 0.497 e. The van der Waals surface area contributed by atoms with Crippen molar-refractivity contribution in [2.45, 2.75) is 22.6 Å². The van der Waals surface area contributed by atoms with E-state index in [1.807, 2.05) is 6.26 Å². The van der Waals surface area contributed by atoms with E-state index in [1.165, 1.54) is 18.5 Å². The van der Waals surface area contributed by atoms with Gasteiger partial charge in [0.15, 0.2) is 0 Å². The van der Waals surface area contributed by atoms with Crippen LogP contribution in [0.1, 0.15) is 12.8 Å². The molecule has 12 heteroatoms. The van der Waals surface area contributed by atoms with Gasteiger partial charge >= 0.3 is 6.01 Å². The molecule has 0 unspecified atom stereocenters. The number of methoxy groups -OCH3 is 2. The third-order valence-electron chi connectivity index (χ3n) is 5.78. The summed E-state index contributed by atoms with van der Waals surface area (Å²) in [6, 6.07) is 11.9. The lowest BCUT2D eigenvalue weighted by Gasteiger charge is -2.30. The molecule has 10 nitrogen and oxygen atoms in total. The van der Waals surface area contributed by atoms with Crippen molar-refractivity contribution < 1.29 is 27.1 Å². The Labute approximate surface area is 208 Å². The Morgan fingerprint density at radius 1 is 1.06 bits per heavy atom. The number of amides is 1. The third-order valence-corrected chi connectivity index (χ3v) is 8.43. The standard InChI is InChI=1S/C23H26N4O6S2/c1-31-17-12-16(13-18(14-17)32-2)22-25-26-23(33-22)24-21(28)15-8-10-27(11-9-15)35(29,30)20-6-4-19(34-3)5-7-20/h4-7,12-15H,8-11H2,1-3H3,(H,24,26,28). The maximum Gasteiger partial charge on any atom is 0.322 e. The Morgan fingerprint density at radius 3 is 2.26 bits per heavy atom. The van der Waals surface area contributed by atoms with Gasteiger partial charge in [0.05, 0.1) is 19.1 Å². The highest BCUT2D eigenvalue weighted by atomic mass is 32.2. The molecule has 0 bridgehead atoms. The van der Waals surface area contributed by atoms with Crippen LogP contribution in [-0.4, -0.2) is 62.4 Å². The summed E-state index contributed by atoms with van der Waals surface area (Å²) in [7, 11) is -0.528. The van der Waals surface area contributed by atoms with E-state index in [9.17, 15) is 13.2 Å². The van der Waals surface area contributed by atoms with Crippen LogP contribution < -0.4 is 14.8 Å². The fourth-order valence-electron chi connectivity index (χ4n) is 3.78. The second-order valence-corrected chi connectivity index (χ2v) is 10.7. The number of rotatable bonds is 8. The van der Waals surface area contributed by atoms with Crippen molar-refractivity contribution in [1.82, 2.24) is 14.5 Å². The first-order valence-electron chi connectivity index (χ1n) is 10.9. The van der Waals surface area contributed by atoms with Gasteiger partial charge in [-0.15, -0.1) is 16.9 Å². The topological polar surface area (TPSA) is 124 Å². The lowest BCUT2D eigenvalue weighted by Crippen LogP contribution is -2.41. The molecule has 1 saturated heterocycles. The number of sulfonamides is 1. The molecule has 1 aliphatic rings. The molecule has 1 aliphatic heterocycles. The molecular formula is C23H26N4O6S2. The molecule has 1 N–H and O–H groups in total. The first kappa shape index (κ1) is 25.0. The SMILES string of the molecule is COc1cc(OC)cc(-c2nnc(NC(=O)C3CCN(S(=O)(=O)c4ccc(SC)cc4)CC3)o2)c1. The number of nitrogens with one attached hydrogen (secondary N) is 1. The molecule has 0 saturated carbocycles. The summed E-state index contributed by atoms with van der Waals surface area (Å²) >= 11 is 1.55. The van der Waals surface area contributed by atoms with Gasteiger partial charge in [0.25, 0.3) is 0 Å². The number of carbonyl (C=O) groups is 1. The van der Waals surface area contributed by atoms with Gasteiger partial charge in [-0.2, -0.15) is 4.31 Å². The summed E-state index contributed by atoms with van der Waals surface area (Å²) in [4.78, 5) is 14.0. The number of carbonyl (C=O) groups excluding carboxylic acids is 1. The number of benzene rings is 2. The van der Waals surface area contributed by atoms with Crippen LogP contribution in [0, 0.1) is 5.92 Å². The van der Waals surface area contributed by atoms with Crippen LogP contribution in [0.25, 0.3) is 11.5 Å². The van der Waals surface area contributed by atoms with E-state index in [0.717, 1.165) is 4.90 Å². The minimum Gasteiger partial charge on any atom is -0.497 e. The predicted octanol–water partition coefficient (Wildman–Crippen LogP) is 3.52. The van der Waals surface area contributed by atoms with Crippen LogP contribution in [0.4, 0.5) is 6.01 Å². The van der Waals surface area contributed by atoms with Crippen LogP contribution in [0.5, 0.6) is 11.5 Å². The molecule has 1 amide bonds. The predicted molar refractivity (Wildman–Crippen MR) is 131 cm³/mol. The van der Waals surface area contributed by atoms with E-state index in [4.69, 9.17) is 13.9 Å². The molecule has 0 radical (unpaired) electrons. The summed E-state index contributed by atoms with van der Waals surface area (Å²) < 4.78 is 43.4. The summed E-state index contributed by atoms with van der Waals surface area (Å²) in [5.74, 6) is 0.665. The third kappa shape index (κ3) is 5.60. The second kappa shape index (κ2) is 10.7. The molecule has 0 aliphatic carbocycles. The number of thioether (sulfide) groups is 1. The van der Waals surface area contributed by atoms with Crippen molar-refractivity contribution in [2.75, 3.05) is 38.9 Å². The van der Waals surface area contributed by atoms with Crippen molar-refractivity contribution in [1.29, 1.82) is 0 Å². The number of ether oxygens (including phenoxy) is 2. The van der Waals surface area contributed by atoms with Crippen molar-refractivity contribution in [3.05, 3.63) is 42.5 Å². The normalized spacial score (nSPS) is 15.1. The van der Waals surface area contributed by atoms with E-state index in [1.54, 1.807) is 54.2 Å². The average Bonchev–Trinajstić information content (AvgIpc) is 3.36. The van der Waals surface area contributed by atoms with Crippen molar-refractivity contribution in [3.63, 3.8) is 0 Å². The molecule has 2 heterocycles. The van der Waals surface area contributed by atoms with E-state index in [-0.39, 0.29) is 41.7 Å². The minimum absolute atomic E-state index is 0.0317. The molecule has 186 valence electrons. The molecule has 3 aromatic rings. The number of hydrogen-bond donors (Lipinski definition) is 1. The monoisotopic (exact) mass is 518 g/mol. The van der Waals surface area contributed by atoms with Crippen molar-refractivity contribution in [2.24, 2.45) is 5.92 Å². The molecule has 0 spiro atoms. The number of anilines is 1. The van der Waals surface area contributed by atoms with Gasteiger partial charge in [0.1, 0.15) is 11.5 Å². The first-order chi connectivity index (χ1) is 16.8. The highest BCUT2D eigenvalue weighted by Gasteiger charge is 2.32. The zero-order chi connectivity index (χ0) is 25.0. The summed E-state index contributed by atoms with van der Waals surface area (Å²) in [6.07, 6.45) is 2.72. The maximum atomic E-state index is 13.0. The average molecular weight is 519 g/mol. The lowest BCUT2D eigenvalue weighted by atomic mass is 9.97. The van der Waals surface area contributed by atoms with E-state index >= 15 is 0 Å². The number of aromatic nitrogens is 2. The van der Waals surface area contributed by atoms with Crippen LogP contribution in [0.3, 0.4) is 0 Å². The molecular weight excluding hydrogens is 492 g/mol. The van der Waals surface area contributed by atoms with Gasteiger partial charge in [-0.3, -0.25) is 10.1 Å². The quantitative estimate of drug-likeness (QED) is 0.446. The summed E-state index contributed by atoms with van der Waals surface area (Å²) in [5.41, 5.74) is 0.582. The molecule has 0 atom stereocenters. The van der Waals surface area contributed by atoms with E-state index in [2.05, 4.69) is 15.5 Å². The highest BCUT2D eigenvalue weighted by molar-refractivity contribution is 7.98. The Balaban J connectivity index is 1.37.